The average molecular weight is 274 g/mol. The topological polar surface area (TPSA) is 41.6 Å². The third-order valence-corrected chi connectivity index (χ3v) is 4.17. The summed E-state index contributed by atoms with van der Waals surface area (Å²) in [6.45, 7) is 3.09. The van der Waals surface area contributed by atoms with E-state index in [4.69, 9.17) is 4.74 Å². The molecule has 1 saturated heterocycles. The maximum absolute atomic E-state index is 12.5. The highest BCUT2D eigenvalue weighted by atomic mass is 16.5. The number of carbonyl (C=O) groups is 1. The lowest BCUT2D eigenvalue weighted by Crippen LogP contribution is -2.45. The molecule has 0 bridgehead atoms. The third kappa shape index (κ3) is 2.86. The number of benzene rings is 1. The van der Waals surface area contributed by atoms with Gasteiger partial charge in [0.25, 0.3) is 5.91 Å². The van der Waals surface area contributed by atoms with Crippen LogP contribution in [0.2, 0.25) is 0 Å². The molecule has 1 aliphatic carbocycles. The molecule has 1 heterocycles. The molecule has 1 aliphatic heterocycles. The van der Waals surface area contributed by atoms with E-state index in [1.807, 2.05) is 13.1 Å². The van der Waals surface area contributed by atoms with Crippen molar-refractivity contribution in [2.75, 3.05) is 33.3 Å². The first-order valence-electron chi connectivity index (χ1n) is 7.43. The molecule has 1 fully saturated rings. The molecule has 1 atom stereocenters. The molecule has 0 radical (unpaired) electrons. The van der Waals surface area contributed by atoms with E-state index < -0.39 is 0 Å². The Morgan fingerprint density at radius 2 is 2.25 bits per heavy atom. The van der Waals surface area contributed by atoms with Crippen molar-refractivity contribution in [2.24, 2.45) is 0 Å². The minimum atomic E-state index is 0.0915. The fourth-order valence-corrected chi connectivity index (χ4v) is 3.05. The molecule has 1 amide bonds. The summed E-state index contributed by atoms with van der Waals surface area (Å²) in [5, 5.41) is 3.29. The van der Waals surface area contributed by atoms with Crippen LogP contribution in [-0.2, 0) is 17.6 Å². The molecule has 4 heteroatoms. The van der Waals surface area contributed by atoms with Crippen LogP contribution in [-0.4, -0.2) is 50.2 Å². The van der Waals surface area contributed by atoms with Crippen LogP contribution in [0.4, 0.5) is 0 Å². The SMILES string of the molecule is CN(CC1CNCCO1)C(=O)c1ccc2c(c1)CCC2. The van der Waals surface area contributed by atoms with Gasteiger partial charge in [-0.15, -0.1) is 0 Å². The number of hydrogen-bond donors (Lipinski definition) is 1. The maximum Gasteiger partial charge on any atom is 0.253 e. The number of rotatable bonds is 3. The lowest BCUT2D eigenvalue weighted by Gasteiger charge is -2.28. The first kappa shape index (κ1) is 13.6. The van der Waals surface area contributed by atoms with Crippen LogP contribution in [0, 0.1) is 0 Å². The number of likely N-dealkylation sites (N-methyl/N-ethyl adjacent to an activating group) is 1. The minimum absolute atomic E-state index is 0.0915. The Morgan fingerprint density at radius 1 is 1.40 bits per heavy atom. The second-order valence-electron chi connectivity index (χ2n) is 5.72. The Hall–Kier alpha value is -1.39. The summed E-state index contributed by atoms with van der Waals surface area (Å²) >= 11 is 0. The number of nitrogens with one attached hydrogen (secondary N) is 1. The van der Waals surface area contributed by atoms with Crippen LogP contribution in [0.3, 0.4) is 0 Å². The van der Waals surface area contributed by atoms with Gasteiger partial charge in [-0.05, 0) is 42.5 Å². The summed E-state index contributed by atoms with van der Waals surface area (Å²) in [6, 6.07) is 6.15. The highest BCUT2D eigenvalue weighted by Gasteiger charge is 2.20. The largest absolute Gasteiger partial charge is 0.374 e. The highest BCUT2D eigenvalue weighted by molar-refractivity contribution is 5.94. The van der Waals surface area contributed by atoms with Crippen molar-refractivity contribution in [1.29, 1.82) is 0 Å². The molecule has 0 saturated carbocycles. The first-order chi connectivity index (χ1) is 9.74. The van der Waals surface area contributed by atoms with Crippen molar-refractivity contribution >= 4 is 5.91 Å². The molecule has 3 rings (SSSR count). The number of morpholine rings is 1. The van der Waals surface area contributed by atoms with E-state index in [1.165, 1.54) is 17.5 Å². The molecule has 0 spiro atoms. The fraction of sp³-hybridized carbons (Fsp3) is 0.562. The summed E-state index contributed by atoms with van der Waals surface area (Å²) in [7, 11) is 1.85. The number of ether oxygens (including phenoxy) is 1. The molecule has 20 heavy (non-hydrogen) atoms. The fourth-order valence-electron chi connectivity index (χ4n) is 3.05. The van der Waals surface area contributed by atoms with E-state index >= 15 is 0 Å². The van der Waals surface area contributed by atoms with E-state index in [1.54, 1.807) is 4.90 Å². The van der Waals surface area contributed by atoms with Gasteiger partial charge in [0, 0.05) is 32.2 Å². The summed E-state index contributed by atoms with van der Waals surface area (Å²) in [4.78, 5) is 14.2. The van der Waals surface area contributed by atoms with Gasteiger partial charge in [-0.2, -0.15) is 0 Å². The molecule has 2 aliphatic rings. The molecule has 1 aromatic carbocycles. The van der Waals surface area contributed by atoms with Gasteiger partial charge >= 0.3 is 0 Å². The van der Waals surface area contributed by atoms with Crippen molar-refractivity contribution in [2.45, 2.75) is 25.4 Å². The number of aryl methyl sites for hydroxylation is 2. The summed E-state index contributed by atoms with van der Waals surface area (Å²) in [6.07, 6.45) is 3.58. The summed E-state index contributed by atoms with van der Waals surface area (Å²) < 4.78 is 5.65. The van der Waals surface area contributed by atoms with Gasteiger partial charge in [-0.1, -0.05) is 6.07 Å². The average Bonchev–Trinajstić information content (AvgIpc) is 2.94. The standard InChI is InChI=1S/C16H22N2O2/c1-18(11-15-10-17-7-8-20-15)16(19)14-6-5-12-3-2-4-13(12)9-14/h5-6,9,15,17H,2-4,7-8,10-11H2,1H3. The monoisotopic (exact) mass is 274 g/mol. The van der Waals surface area contributed by atoms with Crippen LogP contribution >= 0.6 is 0 Å². The van der Waals surface area contributed by atoms with Gasteiger partial charge in [-0.3, -0.25) is 4.79 Å². The van der Waals surface area contributed by atoms with Crippen molar-refractivity contribution in [3.63, 3.8) is 0 Å². The number of carbonyl (C=O) groups excluding carboxylic acids is 1. The Morgan fingerprint density at radius 3 is 3.05 bits per heavy atom. The highest BCUT2D eigenvalue weighted by Crippen LogP contribution is 2.23. The molecule has 4 nitrogen and oxygen atoms in total. The Labute approximate surface area is 120 Å². The first-order valence-corrected chi connectivity index (χ1v) is 7.43. The van der Waals surface area contributed by atoms with Gasteiger partial charge in [0.15, 0.2) is 0 Å². The Balaban J connectivity index is 1.65. The van der Waals surface area contributed by atoms with Crippen molar-refractivity contribution < 1.29 is 9.53 Å². The van der Waals surface area contributed by atoms with Gasteiger partial charge in [0.05, 0.1) is 12.7 Å². The second-order valence-corrected chi connectivity index (χ2v) is 5.72. The zero-order valence-electron chi connectivity index (χ0n) is 12.0. The lowest BCUT2D eigenvalue weighted by atomic mass is 10.1. The Bertz CT molecular complexity index is 495. The van der Waals surface area contributed by atoms with Crippen LogP contribution in [0.25, 0.3) is 0 Å². The quantitative estimate of drug-likeness (QED) is 0.901. The van der Waals surface area contributed by atoms with Gasteiger partial charge in [0.1, 0.15) is 0 Å². The van der Waals surface area contributed by atoms with Crippen molar-refractivity contribution in [1.82, 2.24) is 10.2 Å². The van der Waals surface area contributed by atoms with Crippen LogP contribution in [0.5, 0.6) is 0 Å². The molecule has 0 aromatic heterocycles. The van der Waals surface area contributed by atoms with Crippen LogP contribution in [0.15, 0.2) is 18.2 Å². The van der Waals surface area contributed by atoms with Gasteiger partial charge < -0.3 is 15.0 Å². The summed E-state index contributed by atoms with van der Waals surface area (Å²) in [5.41, 5.74) is 3.56. The van der Waals surface area contributed by atoms with E-state index in [2.05, 4.69) is 17.4 Å². The van der Waals surface area contributed by atoms with E-state index in [9.17, 15) is 4.79 Å². The molecule has 1 unspecified atom stereocenters. The second kappa shape index (κ2) is 5.94. The van der Waals surface area contributed by atoms with Crippen LogP contribution < -0.4 is 5.32 Å². The number of hydrogen-bond acceptors (Lipinski definition) is 3. The summed E-state index contributed by atoms with van der Waals surface area (Å²) in [5.74, 6) is 0.0915. The number of nitrogens with zero attached hydrogens (tertiary/aromatic N) is 1. The van der Waals surface area contributed by atoms with Crippen molar-refractivity contribution in [3.8, 4) is 0 Å². The lowest BCUT2D eigenvalue weighted by molar-refractivity contribution is 0.0104. The van der Waals surface area contributed by atoms with Gasteiger partial charge in [-0.25, -0.2) is 0 Å². The minimum Gasteiger partial charge on any atom is -0.374 e. The predicted octanol–water partition coefficient (Wildman–Crippen LogP) is 1.24. The predicted molar refractivity (Wildman–Crippen MR) is 78.0 cm³/mol. The third-order valence-electron chi connectivity index (χ3n) is 4.17. The Kier molecular flexibility index (Phi) is 4.03. The molecular weight excluding hydrogens is 252 g/mol. The van der Waals surface area contributed by atoms with E-state index in [0.717, 1.165) is 38.1 Å². The molecule has 108 valence electrons. The zero-order chi connectivity index (χ0) is 13.9. The van der Waals surface area contributed by atoms with E-state index in [0.29, 0.717) is 6.54 Å². The maximum atomic E-state index is 12.5. The van der Waals surface area contributed by atoms with Crippen molar-refractivity contribution in [3.05, 3.63) is 34.9 Å². The molecular formula is C16H22N2O2. The molecule has 1 N–H and O–H groups in total. The number of amides is 1. The smallest absolute Gasteiger partial charge is 0.253 e. The molecule has 1 aromatic rings. The van der Waals surface area contributed by atoms with Crippen LogP contribution in [0.1, 0.15) is 27.9 Å². The normalized spacial score (nSPS) is 21.6. The number of fused-ring (bicyclic) bond motifs is 1. The van der Waals surface area contributed by atoms with E-state index in [-0.39, 0.29) is 12.0 Å². The van der Waals surface area contributed by atoms with Gasteiger partial charge in [0.2, 0.25) is 0 Å². The zero-order valence-corrected chi connectivity index (χ0v) is 12.0.